The monoisotopic (exact) mass is 338 g/mol. The van der Waals surface area contributed by atoms with E-state index >= 15 is 0 Å². The predicted molar refractivity (Wildman–Crippen MR) is 63.4 cm³/mol. The molecule has 0 unspecified atom stereocenters. The van der Waals surface area contributed by atoms with Crippen molar-refractivity contribution in [2.24, 2.45) is 0 Å². The Morgan fingerprint density at radius 3 is 1.38 bits per heavy atom. The van der Waals surface area contributed by atoms with E-state index in [-0.39, 0.29) is 0 Å². The van der Waals surface area contributed by atoms with E-state index in [1.165, 1.54) is 6.55 Å². The Hall–Kier alpha value is 0.318. The standard InChI is InChI=1S/C3H10O6Si7/c1-10(2)12(5)14(7)16(9)15(8)13(6)11(3)4/h10H,1-3H3. The van der Waals surface area contributed by atoms with Gasteiger partial charge in [0.05, 0.1) is 8.31 Å². The van der Waals surface area contributed by atoms with Crippen LogP contribution >= 0.6 is 0 Å². The van der Waals surface area contributed by atoms with Crippen LogP contribution in [0.3, 0.4) is 0 Å². The summed E-state index contributed by atoms with van der Waals surface area (Å²) in [5, 5.41) is 0. The Morgan fingerprint density at radius 2 is 1.06 bits per heavy atom. The molecule has 13 heteroatoms. The van der Waals surface area contributed by atoms with Gasteiger partial charge in [-0.2, -0.15) is 0 Å². The third-order valence-corrected chi connectivity index (χ3v) is 49.7. The van der Waals surface area contributed by atoms with E-state index in [1.54, 1.807) is 13.1 Å². The Labute approximate surface area is 101 Å². The lowest BCUT2D eigenvalue weighted by Crippen LogP contribution is -2.48. The van der Waals surface area contributed by atoms with Gasteiger partial charge in [-0.15, -0.1) is 0 Å². The van der Waals surface area contributed by atoms with Gasteiger partial charge in [0, 0.05) is 0 Å². The van der Waals surface area contributed by atoms with E-state index in [2.05, 4.69) is 0 Å². The van der Waals surface area contributed by atoms with Gasteiger partial charge >= 0.3 is 46.8 Å². The van der Waals surface area contributed by atoms with Gasteiger partial charge in [0.15, 0.2) is 0 Å². The second-order valence-electron chi connectivity index (χ2n) is 3.39. The van der Waals surface area contributed by atoms with Crippen LogP contribution in [0.25, 0.3) is 0 Å². The minimum Gasteiger partial charge on any atom is -0.389 e. The van der Waals surface area contributed by atoms with Crippen molar-refractivity contribution in [3.05, 3.63) is 0 Å². The summed E-state index contributed by atoms with van der Waals surface area (Å²) in [7, 11) is -18.4. The smallest absolute Gasteiger partial charge is 0.381 e. The molecule has 0 aromatic carbocycles. The van der Waals surface area contributed by atoms with E-state index in [4.69, 9.17) is 0 Å². The molecular weight excluding hydrogens is 329 g/mol. The first kappa shape index (κ1) is 16.3. The van der Waals surface area contributed by atoms with E-state index in [0.717, 1.165) is 0 Å². The molecular formula is C3H10O6Si7. The topological polar surface area (TPSA) is 102 Å². The predicted octanol–water partition coefficient (Wildman–Crippen LogP) is -1.89. The zero-order chi connectivity index (χ0) is 13.0. The van der Waals surface area contributed by atoms with Crippen molar-refractivity contribution in [3.8, 4) is 0 Å². The highest BCUT2D eigenvalue weighted by atomic mass is 30.0. The van der Waals surface area contributed by atoms with Crippen molar-refractivity contribution >= 4 is 55.1 Å². The fraction of sp³-hybridized carbons (Fsp3) is 1.00. The molecule has 0 aromatic heterocycles. The third kappa shape index (κ3) is 4.29. The lowest BCUT2D eigenvalue weighted by molar-refractivity contribution is 0.537. The first-order valence-corrected chi connectivity index (χ1v) is 22.5. The Balaban J connectivity index is 4.90. The molecule has 0 N–H and O–H groups in total. The molecule has 0 saturated heterocycles. The maximum absolute atomic E-state index is 11.6. The van der Waals surface area contributed by atoms with Gasteiger partial charge in [-0.05, 0) is 6.55 Å². The van der Waals surface area contributed by atoms with E-state index in [9.17, 15) is 26.8 Å². The highest BCUT2D eigenvalue weighted by Crippen LogP contribution is 1.85. The van der Waals surface area contributed by atoms with Crippen LogP contribution in [0.5, 0.6) is 0 Å². The minimum atomic E-state index is -3.07. The third-order valence-electron chi connectivity index (χ3n) is 1.69. The van der Waals surface area contributed by atoms with Crippen LogP contribution < -0.4 is 0 Å². The lowest BCUT2D eigenvalue weighted by Gasteiger charge is -1.94. The maximum atomic E-state index is 11.6. The molecule has 0 saturated carbocycles. The summed E-state index contributed by atoms with van der Waals surface area (Å²) in [6.45, 7) is 4.60. The van der Waals surface area contributed by atoms with Gasteiger partial charge in [0.1, 0.15) is 0 Å². The first-order valence-electron chi connectivity index (χ1n) is 4.42. The van der Waals surface area contributed by atoms with E-state index < -0.39 is 55.1 Å². The lowest BCUT2D eigenvalue weighted by atomic mass is 11.9. The zero-order valence-corrected chi connectivity index (χ0v) is 16.2. The van der Waals surface area contributed by atoms with Crippen LogP contribution in [0.15, 0.2) is 0 Å². The summed E-state index contributed by atoms with van der Waals surface area (Å²) >= 11 is 0. The molecule has 0 heterocycles. The van der Waals surface area contributed by atoms with Crippen molar-refractivity contribution in [3.63, 3.8) is 0 Å². The van der Waals surface area contributed by atoms with Gasteiger partial charge in [0.2, 0.25) is 0 Å². The molecule has 0 aliphatic heterocycles. The summed E-state index contributed by atoms with van der Waals surface area (Å²) in [4.78, 5) is 0. The molecule has 0 bridgehead atoms. The van der Waals surface area contributed by atoms with Crippen LogP contribution in [-0.2, 0) is 26.8 Å². The van der Waals surface area contributed by atoms with Crippen molar-refractivity contribution in [2.75, 3.05) is 0 Å². The SMILES string of the molecule is C[Si](=O)[Si](=O)[Si](=O)[Si](=O)[Si](=O)[Si](=O)[SiH](C)C. The zero-order valence-electron chi connectivity index (χ0n) is 9.03. The van der Waals surface area contributed by atoms with Crippen molar-refractivity contribution in [2.45, 2.75) is 19.6 Å². The second-order valence-corrected chi connectivity index (χ2v) is 37.4. The van der Waals surface area contributed by atoms with Crippen LogP contribution in [0.2, 0.25) is 19.6 Å². The molecule has 0 aliphatic rings. The van der Waals surface area contributed by atoms with Crippen LogP contribution in [0.1, 0.15) is 0 Å². The second kappa shape index (κ2) is 6.91. The minimum absolute atomic E-state index is 1.18. The van der Waals surface area contributed by atoms with Gasteiger partial charge in [0.25, 0.3) is 0 Å². The molecule has 86 valence electrons. The van der Waals surface area contributed by atoms with Crippen LogP contribution in [-0.4, -0.2) is 55.1 Å². The largest absolute Gasteiger partial charge is 0.389 e. The highest BCUT2D eigenvalue weighted by Gasteiger charge is 2.43. The van der Waals surface area contributed by atoms with Crippen molar-refractivity contribution < 1.29 is 26.8 Å². The van der Waals surface area contributed by atoms with Crippen molar-refractivity contribution in [1.82, 2.24) is 0 Å². The van der Waals surface area contributed by atoms with E-state index in [1.807, 2.05) is 0 Å². The van der Waals surface area contributed by atoms with Gasteiger partial charge in [-0.25, -0.2) is 0 Å². The van der Waals surface area contributed by atoms with Gasteiger partial charge in [-0.1, -0.05) is 13.1 Å². The number of hydrogen-bond acceptors (Lipinski definition) is 6. The molecule has 0 radical (unpaired) electrons. The first-order chi connectivity index (χ1) is 7.20. The van der Waals surface area contributed by atoms with Crippen LogP contribution in [0, 0.1) is 0 Å². The average Bonchev–Trinajstić information content (AvgIpc) is 2.23. The highest BCUT2D eigenvalue weighted by molar-refractivity contribution is 7.70. The Bertz CT molecular complexity index is 410. The summed E-state index contributed by atoms with van der Waals surface area (Å²) in [5.74, 6) is 0. The fourth-order valence-corrected chi connectivity index (χ4v) is 62.3. The summed E-state index contributed by atoms with van der Waals surface area (Å²) in [5.41, 5.74) is 0. The van der Waals surface area contributed by atoms with Crippen molar-refractivity contribution in [1.29, 1.82) is 0 Å². The van der Waals surface area contributed by atoms with E-state index in [0.29, 0.717) is 0 Å². The normalized spacial score (nSPS) is 9.75. The molecule has 0 fully saturated rings. The average molecular weight is 339 g/mol. The Kier molecular flexibility index (Phi) is 7.05. The summed E-state index contributed by atoms with van der Waals surface area (Å²) in [6, 6.07) is 0. The summed E-state index contributed by atoms with van der Waals surface area (Å²) in [6.07, 6.45) is 0. The molecule has 16 heavy (non-hydrogen) atoms. The Morgan fingerprint density at radius 1 is 0.688 bits per heavy atom. The molecule has 0 amide bonds. The molecule has 0 atom stereocenters. The molecule has 0 rings (SSSR count). The van der Waals surface area contributed by atoms with Gasteiger partial charge < -0.3 is 26.8 Å². The molecule has 0 aromatic rings. The molecule has 6 nitrogen and oxygen atoms in total. The number of rotatable bonds is 6. The fourth-order valence-electron chi connectivity index (χ4n) is 0.740. The quantitative estimate of drug-likeness (QED) is 0.524. The number of hydrogen-bond donors (Lipinski definition) is 0. The summed E-state index contributed by atoms with van der Waals surface area (Å²) < 4.78 is 68.2. The maximum Gasteiger partial charge on any atom is 0.381 e. The molecule has 0 aliphatic carbocycles. The molecule has 0 spiro atoms. The van der Waals surface area contributed by atoms with Crippen LogP contribution in [0.4, 0.5) is 0 Å². The van der Waals surface area contributed by atoms with Gasteiger partial charge in [-0.3, -0.25) is 0 Å².